The molecule has 2 aromatic heterocycles. The van der Waals surface area contributed by atoms with Crippen LogP contribution >= 0.6 is 11.3 Å². The highest BCUT2D eigenvalue weighted by molar-refractivity contribution is 7.19. The van der Waals surface area contributed by atoms with Crippen molar-refractivity contribution in [3.63, 3.8) is 0 Å². The monoisotopic (exact) mass is 289 g/mol. The summed E-state index contributed by atoms with van der Waals surface area (Å²) >= 11 is 1.82. The first-order valence-electron chi connectivity index (χ1n) is 7.38. The molecule has 0 spiro atoms. The standard InChI is InChI=1S/C15H19N3OS/c1-18(7-11(19)9-5-6-9)14-13-10-3-2-4-12(10)20-15(13)17-8-16-14/h8-9,11,19H,2-7H2,1H3/t11-/m1/s1. The van der Waals surface area contributed by atoms with Crippen LogP contribution in [0.4, 0.5) is 5.82 Å². The van der Waals surface area contributed by atoms with Gasteiger partial charge in [0, 0.05) is 18.5 Å². The lowest BCUT2D eigenvalue weighted by Gasteiger charge is -2.22. The minimum atomic E-state index is -0.225. The second kappa shape index (κ2) is 4.67. The molecule has 2 aliphatic rings. The zero-order valence-electron chi connectivity index (χ0n) is 11.7. The predicted octanol–water partition coefficient (Wildman–Crippen LogP) is 2.39. The van der Waals surface area contributed by atoms with E-state index in [2.05, 4.69) is 14.9 Å². The highest BCUT2D eigenvalue weighted by Crippen LogP contribution is 2.40. The van der Waals surface area contributed by atoms with Gasteiger partial charge in [-0.2, -0.15) is 0 Å². The number of hydrogen-bond donors (Lipinski definition) is 1. The van der Waals surface area contributed by atoms with Gasteiger partial charge >= 0.3 is 0 Å². The van der Waals surface area contributed by atoms with Gasteiger partial charge in [0.25, 0.3) is 0 Å². The van der Waals surface area contributed by atoms with E-state index in [1.54, 1.807) is 6.33 Å². The first-order chi connectivity index (χ1) is 9.74. The maximum absolute atomic E-state index is 10.2. The molecule has 5 heteroatoms. The molecular formula is C15H19N3OS. The molecule has 20 heavy (non-hydrogen) atoms. The van der Waals surface area contributed by atoms with Gasteiger partial charge in [-0.3, -0.25) is 0 Å². The Morgan fingerprint density at radius 2 is 2.25 bits per heavy atom. The molecule has 0 aromatic carbocycles. The molecule has 0 saturated heterocycles. The molecule has 0 bridgehead atoms. The SMILES string of the molecule is CN(C[C@@H](O)C1CC1)c1ncnc2sc3c(c12)CCC3. The number of rotatable bonds is 4. The van der Waals surface area contributed by atoms with Crippen LogP contribution in [-0.4, -0.2) is 34.8 Å². The van der Waals surface area contributed by atoms with Crippen molar-refractivity contribution in [2.75, 3.05) is 18.5 Å². The van der Waals surface area contributed by atoms with Gasteiger partial charge in [0.2, 0.25) is 0 Å². The fourth-order valence-corrected chi connectivity index (χ4v) is 4.42. The Kier molecular flexibility index (Phi) is 2.93. The smallest absolute Gasteiger partial charge is 0.140 e. The molecule has 0 unspecified atom stereocenters. The Morgan fingerprint density at radius 1 is 1.40 bits per heavy atom. The van der Waals surface area contributed by atoms with Crippen molar-refractivity contribution in [2.45, 2.75) is 38.2 Å². The molecule has 0 aliphatic heterocycles. The van der Waals surface area contributed by atoms with Crippen LogP contribution in [0.1, 0.15) is 29.7 Å². The molecule has 0 radical (unpaired) electrons. The third-order valence-electron chi connectivity index (χ3n) is 4.47. The molecule has 2 heterocycles. The number of fused-ring (bicyclic) bond motifs is 3. The van der Waals surface area contributed by atoms with E-state index in [4.69, 9.17) is 0 Å². The van der Waals surface area contributed by atoms with Gasteiger partial charge in [-0.1, -0.05) is 0 Å². The van der Waals surface area contributed by atoms with Crippen LogP contribution in [0.15, 0.2) is 6.33 Å². The first kappa shape index (κ1) is 12.5. The molecule has 1 N–H and O–H groups in total. The highest BCUT2D eigenvalue weighted by Gasteiger charge is 2.31. The number of anilines is 1. The topological polar surface area (TPSA) is 49.2 Å². The van der Waals surface area contributed by atoms with Crippen molar-refractivity contribution < 1.29 is 5.11 Å². The third kappa shape index (κ3) is 2.00. The van der Waals surface area contributed by atoms with Crippen LogP contribution < -0.4 is 4.90 Å². The van der Waals surface area contributed by atoms with E-state index in [-0.39, 0.29) is 6.10 Å². The zero-order chi connectivity index (χ0) is 13.7. The molecule has 0 amide bonds. The maximum atomic E-state index is 10.2. The van der Waals surface area contributed by atoms with Crippen molar-refractivity contribution in [1.29, 1.82) is 0 Å². The number of hydrogen-bond acceptors (Lipinski definition) is 5. The summed E-state index contributed by atoms with van der Waals surface area (Å²) in [6.07, 6.45) is 7.35. The summed E-state index contributed by atoms with van der Waals surface area (Å²) in [6, 6.07) is 0. The number of thiophene rings is 1. The lowest BCUT2D eigenvalue weighted by molar-refractivity contribution is 0.158. The number of nitrogens with zero attached hydrogens (tertiary/aromatic N) is 3. The maximum Gasteiger partial charge on any atom is 0.140 e. The summed E-state index contributed by atoms with van der Waals surface area (Å²) in [5, 5.41) is 11.4. The fourth-order valence-electron chi connectivity index (χ4n) is 3.20. The fraction of sp³-hybridized carbons (Fsp3) is 0.600. The molecule has 106 valence electrons. The molecule has 4 nitrogen and oxygen atoms in total. The summed E-state index contributed by atoms with van der Waals surface area (Å²) in [5.41, 5.74) is 1.45. The van der Waals surface area contributed by atoms with Gasteiger partial charge < -0.3 is 10.0 Å². The Bertz CT molecular complexity index is 650. The van der Waals surface area contributed by atoms with Crippen molar-refractivity contribution >= 4 is 27.4 Å². The predicted molar refractivity (Wildman–Crippen MR) is 81.4 cm³/mol. The normalized spacial score (nSPS) is 19.3. The van der Waals surface area contributed by atoms with Crippen LogP contribution in [-0.2, 0) is 12.8 Å². The Balaban J connectivity index is 1.71. The van der Waals surface area contributed by atoms with Crippen LogP contribution in [0.2, 0.25) is 0 Å². The van der Waals surface area contributed by atoms with Gasteiger partial charge in [-0.15, -0.1) is 11.3 Å². The third-order valence-corrected chi connectivity index (χ3v) is 5.67. The van der Waals surface area contributed by atoms with Crippen molar-refractivity contribution in [3.8, 4) is 0 Å². The Labute approximate surface area is 122 Å². The van der Waals surface area contributed by atoms with Gasteiger partial charge in [-0.05, 0) is 43.6 Å². The average Bonchev–Trinajstić information content (AvgIpc) is 3.09. The number of aliphatic hydroxyl groups excluding tert-OH is 1. The number of likely N-dealkylation sites (N-methyl/N-ethyl adjacent to an activating group) is 1. The van der Waals surface area contributed by atoms with Gasteiger partial charge in [0.05, 0.1) is 11.5 Å². The second-order valence-electron chi connectivity index (χ2n) is 6.02. The van der Waals surface area contributed by atoms with Gasteiger partial charge in [-0.25, -0.2) is 9.97 Å². The summed E-state index contributed by atoms with van der Waals surface area (Å²) in [7, 11) is 2.03. The van der Waals surface area contributed by atoms with Crippen molar-refractivity contribution in [1.82, 2.24) is 9.97 Å². The van der Waals surface area contributed by atoms with E-state index >= 15 is 0 Å². The summed E-state index contributed by atoms with van der Waals surface area (Å²) in [5.74, 6) is 1.50. The van der Waals surface area contributed by atoms with Gasteiger partial charge in [0.1, 0.15) is 17.0 Å². The van der Waals surface area contributed by atoms with E-state index < -0.39 is 0 Å². The quantitative estimate of drug-likeness (QED) is 0.939. The summed E-state index contributed by atoms with van der Waals surface area (Å²) in [4.78, 5) is 13.6. The zero-order valence-corrected chi connectivity index (χ0v) is 12.5. The number of aromatic nitrogens is 2. The lowest BCUT2D eigenvalue weighted by Crippen LogP contribution is -2.31. The summed E-state index contributed by atoms with van der Waals surface area (Å²) in [6.45, 7) is 0.668. The molecule has 1 atom stereocenters. The minimum Gasteiger partial charge on any atom is -0.391 e. The van der Waals surface area contributed by atoms with E-state index in [0.29, 0.717) is 12.5 Å². The Morgan fingerprint density at radius 3 is 3.05 bits per heavy atom. The van der Waals surface area contributed by atoms with Crippen LogP contribution in [0.3, 0.4) is 0 Å². The first-order valence-corrected chi connectivity index (χ1v) is 8.20. The lowest BCUT2D eigenvalue weighted by atomic mass is 10.1. The molecule has 2 aliphatic carbocycles. The molecule has 1 saturated carbocycles. The van der Waals surface area contributed by atoms with Gasteiger partial charge in [0.15, 0.2) is 0 Å². The molecule has 2 aromatic rings. The van der Waals surface area contributed by atoms with Crippen LogP contribution in [0.25, 0.3) is 10.2 Å². The molecule has 1 fully saturated rings. The summed E-state index contributed by atoms with van der Waals surface area (Å²) < 4.78 is 0. The molecule has 4 rings (SSSR count). The van der Waals surface area contributed by atoms with E-state index in [1.807, 2.05) is 18.4 Å². The second-order valence-corrected chi connectivity index (χ2v) is 7.10. The van der Waals surface area contributed by atoms with Crippen LogP contribution in [0.5, 0.6) is 0 Å². The minimum absolute atomic E-state index is 0.225. The van der Waals surface area contributed by atoms with E-state index in [1.165, 1.54) is 41.5 Å². The number of aryl methyl sites for hydroxylation is 2. The van der Waals surface area contributed by atoms with Crippen LogP contribution in [0, 0.1) is 5.92 Å². The average molecular weight is 289 g/mol. The van der Waals surface area contributed by atoms with E-state index in [0.717, 1.165) is 17.1 Å². The van der Waals surface area contributed by atoms with E-state index in [9.17, 15) is 5.11 Å². The van der Waals surface area contributed by atoms with Crippen molar-refractivity contribution in [2.24, 2.45) is 5.92 Å². The Hall–Kier alpha value is -1.20. The van der Waals surface area contributed by atoms with Crippen molar-refractivity contribution in [3.05, 3.63) is 16.8 Å². The number of aliphatic hydroxyl groups is 1. The largest absolute Gasteiger partial charge is 0.391 e. The molecular weight excluding hydrogens is 270 g/mol. The highest BCUT2D eigenvalue weighted by atomic mass is 32.1.